The molecule has 12 heteroatoms. The summed E-state index contributed by atoms with van der Waals surface area (Å²) < 4.78 is 7.99. The molecule has 1 saturated carbocycles. The number of benzene rings is 2. The van der Waals surface area contributed by atoms with Crippen molar-refractivity contribution in [2.75, 3.05) is 39.4 Å². The molecule has 0 bridgehead atoms. The number of fused-ring (bicyclic) bond motifs is 1. The molecule has 4 N–H and O–H groups in total. The number of thiocarbonyl (C=S) groups is 1. The van der Waals surface area contributed by atoms with Crippen molar-refractivity contribution >= 4 is 62.9 Å². The highest BCUT2D eigenvalue weighted by Crippen LogP contribution is 2.52. The first-order valence-electron chi connectivity index (χ1n) is 17.8. The average molecular weight is 733 g/mol. The molecule has 2 saturated heterocycles. The highest BCUT2D eigenvalue weighted by Gasteiger charge is 2.48. The van der Waals surface area contributed by atoms with Crippen molar-refractivity contribution in [2.24, 2.45) is 17.1 Å². The number of ether oxygens (including phenoxy) is 1. The molecular weight excluding hydrogens is 688 g/mol. The van der Waals surface area contributed by atoms with E-state index in [1.165, 1.54) is 11.3 Å². The van der Waals surface area contributed by atoms with E-state index in [9.17, 15) is 9.59 Å². The van der Waals surface area contributed by atoms with Crippen molar-refractivity contribution in [3.63, 3.8) is 0 Å². The van der Waals surface area contributed by atoms with E-state index in [0.717, 1.165) is 117 Å². The predicted molar refractivity (Wildman–Crippen MR) is 204 cm³/mol. The molecule has 3 aliphatic rings. The van der Waals surface area contributed by atoms with Gasteiger partial charge in [0.15, 0.2) is 5.01 Å². The van der Waals surface area contributed by atoms with Gasteiger partial charge in [-0.3, -0.25) is 9.59 Å². The monoisotopic (exact) mass is 732 g/mol. The van der Waals surface area contributed by atoms with Crippen molar-refractivity contribution in [1.82, 2.24) is 25.1 Å². The lowest BCUT2D eigenvalue weighted by molar-refractivity contribution is -0.135. The Morgan fingerprint density at radius 2 is 1.90 bits per heavy atom. The maximum Gasteiger partial charge on any atom is 0.280 e. The van der Waals surface area contributed by atoms with E-state index in [-0.39, 0.29) is 23.8 Å². The van der Waals surface area contributed by atoms with Gasteiger partial charge < -0.3 is 30.6 Å². The van der Waals surface area contributed by atoms with Crippen LogP contribution in [0.3, 0.4) is 0 Å². The van der Waals surface area contributed by atoms with Crippen LogP contribution in [-0.2, 0) is 16.1 Å². The van der Waals surface area contributed by atoms with E-state index in [0.29, 0.717) is 33.5 Å². The number of nitrogens with one attached hydrogen (secondary N) is 2. The molecule has 0 radical (unpaired) electrons. The number of nitrogens with zero attached hydrogens (tertiary/aromatic N) is 3. The topological polar surface area (TPSA) is 115 Å². The number of hydrogen-bond acceptors (Lipinski definition) is 7. The third kappa shape index (κ3) is 7.62. The lowest BCUT2D eigenvalue weighted by Crippen LogP contribution is -2.51. The third-order valence-corrected chi connectivity index (χ3v) is 12.4. The molecule has 2 amide bonds. The van der Waals surface area contributed by atoms with E-state index in [1.54, 1.807) is 6.20 Å². The van der Waals surface area contributed by atoms with Gasteiger partial charge in [-0.1, -0.05) is 54.2 Å². The number of amides is 2. The van der Waals surface area contributed by atoms with Gasteiger partial charge in [0.05, 0.1) is 10.5 Å². The van der Waals surface area contributed by atoms with E-state index in [4.69, 9.17) is 34.3 Å². The number of likely N-dealkylation sites (tertiary alicyclic amines) is 1. The zero-order chi connectivity index (χ0) is 34.7. The predicted octanol–water partition coefficient (Wildman–Crippen LogP) is 6.72. The molecule has 7 rings (SSSR count). The summed E-state index contributed by atoms with van der Waals surface area (Å²) in [5.74, 6) is 0.104. The van der Waals surface area contributed by atoms with Crippen LogP contribution in [-0.4, -0.2) is 70.6 Å². The number of unbranched alkanes of at least 4 members (excludes halogenated alkanes) is 1. The van der Waals surface area contributed by atoms with Gasteiger partial charge in [-0.2, -0.15) is 0 Å². The van der Waals surface area contributed by atoms with Gasteiger partial charge in [0.2, 0.25) is 5.91 Å². The molecule has 0 atom stereocenters. The van der Waals surface area contributed by atoms with E-state index in [2.05, 4.69) is 43.4 Å². The van der Waals surface area contributed by atoms with Crippen molar-refractivity contribution in [2.45, 2.75) is 64.0 Å². The molecule has 4 aromatic rings. The second kappa shape index (κ2) is 15.5. The Hall–Kier alpha value is -3.35. The highest BCUT2D eigenvalue weighted by atomic mass is 35.5. The van der Waals surface area contributed by atoms with Gasteiger partial charge in [0, 0.05) is 72.5 Å². The standard InChI is InChI=1S/C38H45ClN6O3S2/c39-32-27(6-7-30-31(25-4-3-5-26(20-25)34(40)49)24-45(33(30)32)29-8-17-48-18-9-29)23-43-35(46)28-21-38(22-28)10-15-44(16-11-38)14-2-1-12-41-36(47)37-42-13-19-50-37/h3-7,13,19-20,24,28-29H,1-2,8-12,14-18,21-23H2,(H2,40,49)(H,41,47)(H,43,46). The van der Waals surface area contributed by atoms with Crippen LogP contribution in [0.1, 0.15) is 78.3 Å². The Morgan fingerprint density at radius 3 is 2.64 bits per heavy atom. The third-order valence-electron chi connectivity index (χ3n) is 11.0. The van der Waals surface area contributed by atoms with E-state index >= 15 is 0 Å². The largest absolute Gasteiger partial charge is 0.389 e. The summed E-state index contributed by atoms with van der Waals surface area (Å²) in [7, 11) is 0. The first kappa shape index (κ1) is 35.1. The molecule has 264 valence electrons. The Labute approximate surface area is 307 Å². The summed E-state index contributed by atoms with van der Waals surface area (Å²) in [4.78, 5) is 32.4. The number of rotatable bonds is 12. The van der Waals surface area contributed by atoms with Crippen LogP contribution < -0.4 is 16.4 Å². The Kier molecular flexibility index (Phi) is 10.9. The maximum atomic E-state index is 13.3. The molecule has 2 aromatic carbocycles. The van der Waals surface area contributed by atoms with Gasteiger partial charge in [-0.05, 0) is 93.6 Å². The number of carbonyl (C=O) groups is 2. The fourth-order valence-corrected chi connectivity index (χ4v) is 9.05. The Morgan fingerprint density at radius 1 is 1.10 bits per heavy atom. The molecule has 2 aromatic heterocycles. The van der Waals surface area contributed by atoms with Crippen molar-refractivity contribution in [1.29, 1.82) is 0 Å². The number of carbonyl (C=O) groups excluding carboxylic acids is 2. The normalized spacial score (nSPS) is 18.3. The van der Waals surface area contributed by atoms with Crippen molar-refractivity contribution in [3.05, 3.63) is 75.3 Å². The Bertz CT molecular complexity index is 1840. The second-order valence-corrected chi connectivity index (χ2v) is 15.9. The number of piperidine rings is 1. The van der Waals surface area contributed by atoms with Gasteiger partial charge in [0.25, 0.3) is 5.91 Å². The van der Waals surface area contributed by atoms with Gasteiger partial charge in [-0.25, -0.2) is 4.98 Å². The van der Waals surface area contributed by atoms with E-state index < -0.39 is 0 Å². The number of hydrogen-bond donors (Lipinski definition) is 3. The van der Waals surface area contributed by atoms with Crippen LogP contribution in [0.4, 0.5) is 0 Å². The van der Waals surface area contributed by atoms with Gasteiger partial charge in [0.1, 0.15) is 4.99 Å². The number of halogens is 1. The first-order chi connectivity index (χ1) is 24.3. The minimum Gasteiger partial charge on any atom is -0.389 e. The van der Waals surface area contributed by atoms with Crippen LogP contribution in [0.15, 0.2) is 54.2 Å². The van der Waals surface area contributed by atoms with Crippen LogP contribution in [0.25, 0.3) is 22.0 Å². The van der Waals surface area contributed by atoms with Crippen molar-refractivity contribution < 1.29 is 14.3 Å². The number of thiazole rings is 1. The number of nitrogens with two attached hydrogens (primary N) is 1. The molecule has 50 heavy (non-hydrogen) atoms. The molecule has 9 nitrogen and oxygen atoms in total. The summed E-state index contributed by atoms with van der Waals surface area (Å²) in [6, 6.07) is 12.5. The van der Waals surface area contributed by atoms with Crippen LogP contribution >= 0.6 is 35.2 Å². The Balaban J connectivity index is 0.925. The first-order valence-corrected chi connectivity index (χ1v) is 19.4. The maximum absolute atomic E-state index is 13.3. The summed E-state index contributed by atoms with van der Waals surface area (Å²) in [6.07, 6.45) is 11.9. The zero-order valence-electron chi connectivity index (χ0n) is 28.3. The minimum atomic E-state index is -0.0843. The molecule has 4 heterocycles. The van der Waals surface area contributed by atoms with Gasteiger partial charge in [-0.15, -0.1) is 11.3 Å². The van der Waals surface area contributed by atoms with Crippen LogP contribution in [0.2, 0.25) is 5.02 Å². The van der Waals surface area contributed by atoms with Crippen LogP contribution in [0, 0.1) is 11.3 Å². The van der Waals surface area contributed by atoms with E-state index in [1.807, 2.05) is 29.6 Å². The smallest absolute Gasteiger partial charge is 0.280 e. The van der Waals surface area contributed by atoms with Crippen molar-refractivity contribution in [3.8, 4) is 11.1 Å². The molecule has 1 spiro atoms. The fourth-order valence-electron chi connectivity index (χ4n) is 8.04. The SMILES string of the molecule is NC(=S)c1cccc(-c2cn(C3CCOCC3)c3c(Cl)c(CNC(=O)C4CC5(CCN(CCCCNC(=O)c6nccs6)CC5)C4)ccc23)c1. The molecule has 0 unspecified atom stereocenters. The summed E-state index contributed by atoms with van der Waals surface area (Å²) in [5.41, 5.74) is 11.1. The second-order valence-electron chi connectivity index (χ2n) is 14.1. The highest BCUT2D eigenvalue weighted by molar-refractivity contribution is 7.80. The number of aromatic nitrogens is 2. The summed E-state index contributed by atoms with van der Waals surface area (Å²) >= 11 is 13.8. The quantitative estimate of drug-likeness (QED) is 0.109. The lowest BCUT2D eigenvalue weighted by atomic mass is 9.57. The molecule has 2 aliphatic heterocycles. The minimum absolute atomic E-state index is 0.0594. The molecule has 3 fully saturated rings. The average Bonchev–Trinajstić information content (AvgIpc) is 3.81. The fraction of sp³-hybridized carbons (Fsp3) is 0.474. The molecule has 1 aliphatic carbocycles. The van der Waals surface area contributed by atoms with Crippen LogP contribution in [0.5, 0.6) is 0 Å². The molecular formula is C38H45ClN6O3S2. The van der Waals surface area contributed by atoms with Gasteiger partial charge >= 0.3 is 0 Å². The zero-order valence-corrected chi connectivity index (χ0v) is 30.7. The summed E-state index contributed by atoms with van der Waals surface area (Å²) in [6.45, 7) is 5.73. The summed E-state index contributed by atoms with van der Waals surface area (Å²) in [5, 5.41) is 10.3. The lowest BCUT2D eigenvalue weighted by Gasteiger charge is -2.51.